The van der Waals surface area contributed by atoms with Gasteiger partial charge in [-0.1, -0.05) is 30.3 Å². The lowest BCUT2D eigenvalue weighted by Crippen LogP contribution is -2.19. The van der Waals surface area contributed by atoms with Crippen molar-refractivity contribution in [1.29, 1.82) is 0 Å². The van der Waals surface area contributed by atoms with E-state index in [9.17, 15) is 9.90 Å². The summed E-state index contributed by atoms with van der Waals surface area (Å²) in [7, 11) is 0. The number of phenols is 1. The van der Waals surface area contributed by atoms with Crippen LogP contribution in [-0.2, 0) is 0 Å². The number of carbonyl (C=O) groups is 1. The molecule has 3 rings (SSSR count). The van der Waals surface area contributed by atoms with Gasteiger partial charge in [0.15, 0.2) is 0 Å². The fourth-order valence-corrected chi connectivity index (χ4v) is 2.24. The van der Waals surface area contributed by atoms with E-state index in [0.717, 1.165) is 10.8 Å². The Hall–Kier alpha value is -3.21. The van der Waals surface area contributed by atoms with Gasteiger partial charge in [0.05, 0.1) is 17.0 Å². The number of hydrogen-bond donors (Lipinski definition) is 2. The molecule has 0 aliphatic rings. The Kier molecular flexibility index (Phi) is 4.01. The van der Waals surface area contributed by atoms with E-state index in [1.807, 2.05) is 36.4 Å². The monoisotopic (exact) mass is 305 g/mol. The van der Waals surface area contributed by atoms with Gasteiger partial charge < -0.3 is 5.11 Å². The lowest BCUT2D eigenvalue weighted by atomic mass is 10.1. The summed E-state index contributed by atoms with van der Waals surface area (Å²) in [6.07, 6.45) is 1.66. The van der Waals surface area contributed by atoms with Gasteiger partial charge in [-0.2, -0.15) is 5.10 Å². The highest BCUT2D eigenvalue weighted by Crippen LogP contribution is 2.24. The molecule has 0 saturated carbocycles. The van der Waals surface area contributed by atoms with E-state index in [2.05, 4.69) is 15.5 Å². The molecule has 2 aromatic carbocycles. The largest absolute Gasteiger partial charge is 0.507 e. The van der Waals surface area contributed by atoms with E-state index in [-0.39, 0.29) is 11.3 Å². The molecular formula is C18H15N3O2. The van der Waals surface area contributed by atoms with E-state index >= 15 is 0 Å². The molecule has 0 aliphatic heterocycles. The number of hydrazone groups is 1. The smallest absolute Gasteiger partial charge is 0.275 e. The third-order valence-corrected chi connectivity index (χ3v) is 3.47. The van der Waals surface area contributed by atoms with Gasteiger partial charge in [-0.3, -0.25) is 9.78 Å². The number of aromatic nitrogens is 1. The van der Waals surface area contributed by atoms with Crippen molar-refractivity contribution in [1.82, 2.24) is 10.4 Å². The summed E-state index contributed by atoms with van der Waals surface area (Å²) >= 11 is 0. The first-order valence-corrected chi connectivity index (χ1v) is 7.13. The molecule has 114 valence electrons. The second-order valence-corrected chi connectivity index (χ2v) is 5.07. The number of nitrogens with zero attached hydrogens (tertiary/aromatic N) is 2. The van der Waals surface area contributed by atoms with Crippen LogP contribution >= 0.6 is 0 Å². The molecule has 0 atom stereocenters. The SMILES string of the molecule is C/C(=N\NC(=O)c1cc2ccccc2cc1O)c1ccccn1. The number of nitrogens with one attached hydrogen (secondary N) is 1. The molecule has 0 fully saturated rings. The number of benzene rings is 2. The van der Waals surface area contributed by atoms with E-state index in [1.165, 1.54) is 0 Å². The Bertz CT molecular complexity index is 889. The van der Waals surface area contributed by atoms with Gasteiger partial charge in [-0.05, 0) is 42.0 Å². The zero-order valence-corrected chi connectivity index (χ0v) is 12.5. The third kappa shape index (κ3) is 3.18. The Labute approximate surface area is 133 Å². The van der Waals surface area contributed by atoms with Crippen molar-refractivity contribution in [2.75, 3.05) is 0 Å². The predicted octanol–water partition coefficient (Wildman–Crippen LogP) is 3.09. The van der Waals surface area contributed by atoms with Crippen molar-refractivity contribution >= 4 is 22.4 Å². The maximum absolute atomic E-state index is 12.2. The van der Waals surface area contributed by atoms with Crippen LogP contribution in [0.4, 0.5) is 0 Å². The van der Waals surface area contributed by atoms with Crippen molar-refractivity contribution in [3.8, 4) is 5.75 Å². The molecule has 0 aliphatic carbocycles. The van der Waals surface area contributed by atoms with Gasteiger partial charge in [0, 0.05) is 6.20 Å². The van der Waals surface area contributed by atoms with Crippen LogP contribution in [0, 0.1) is 0 Å². The van der Waals surface area contributed by atoms with Crippen LogP contribution in [0.15, 0.2) is 65.9 Å². The van der Waals surface area contributed by atoms with Gasteiger partial charge in [0.1, 0.15) is 5.75 Å². The molecule has 0 radical (unpaired) electrons. The minimum absolute atomic E-state index is 0.0770. The van der Waals surface area contributed by atoms with Crippen molar-refractivity contribution in [2.45, 2.75) is 6.92 Å². The third-order valence-electron chi connectivity index (χ3n) is 3.47. The van der Waals surface area contributed by atoms with Crippen LogP contribution in [-0.4, -0.2) is 21.7 Å². The highest BCUT2D eigenvalue weighted by atomic mass is 16.3. The fourth-order valence-electron chi connectivity index (χ4n) is 2.24. The first-order valence-electron chi connectivity index (χ1n) is 7.13. The molecule has 0 unspecified atom stereocenters. The first-order chi connectivity index (χ1) is 11.1. The van der Waals surface area contributed by atoms with Crippen LogP contribution in [0.25, 0.3) is 10.8 Å². The van der Waals surface area contributed by atoms with Crippen molar-refractivity contribution in [3.63, 3.8) is 0 Å². The normalized spacial score (nSPS) is 11.4. The van der Waals surface area contributed by atoms with E-state index in [0.29, 0.717) is 11.4 Å². The Balaban J connectivity index is 1.85. The predicted molar refractivity (Wildman–Crippen MR) is 89.5 cm³/mol. The topological polar surface area (TPSA) is 74.6 Å². The number of rotatable bonds is 3. The molecule has 1 aromatic heterocycles. The molecule has 0 saturated heterocycles. The number of phenolic OH excluding ortho intramolecular Hbond substituents is 1. The number of pyridine rings is 1. The molecule has 1 amide bonds. The first kappa shape index (κ1) is 14.7. The number of carbonyl (C=O) groups excluding carboxylic acids is 1. The van der Waals surface area contributed by atoms with Crippen molar-refractivity contribution in [3.05, 3.63) is 72.1 Å². The van der Waals surface area contributed by atoms with Crippen LogP contribution in [0.3, 0.4) is 0 Å². The van der Waals surface area contributed by atoms with E-state index < -0.39 is 5.91 Å². The van der Waals surface area contributed by atoms with Crippen molar-refractivity contribution < 1.29 is 9.90 Å². The second kappa shape index (κ2) is 6.27. The van der Waals surface area contributed by atoms with Crippen LogP contribution < -0.4 is 5.43 Å². The van der Waals surface area contributed by atoms with Crippen molar-refractivity contribution in [2.24, 2.45) is 5.10 Å². The summed E-state index contributed by atoms with van der Waals surface area (Å²) in [6, 6.07) is 16.2. The van der Waals surface area contributed by atoms with E-state index in [1.54, 1.807) is 31.3 Å². The number of amides is 1. The number of hydrogen-bond acceptors (Lipinski definition) is 4. The number of aromatic hydroxyl groups is 1. The highest BCUT2D eigenvalue weighted by molar-refractivity contribution is 6.03. The summed E-state index contributed by atoms with van der Waals surface area (Å²) in [4.78, 5) is 16.4. The summed E-state index contributed by atoms with van der Waals surface area (Å²) < 4.78 is 0. The molecule has 3 aromatic rings. The molecule has 5 nitrogen and oxygen atoms in total. The Morgan fingerprint density at radius 2 is 1.78 bits per heavy atom. The minimum Gasteiger partial charge on any atom is -0.507 e. The van der Waals surface area contributed by atoms with E-state index in [4.69, 9.17) is 0 Å². The van der Waals surface area contributed by atoms with Crippen LogP contribution in [0.2, 0.25) is 0 Å². The van der Waals surface area contributed by atoms with Gasteiger partial charge in [0.25, 0.3) is 5.91 Å². The van der Waals surface area contributed by atoms with Gasteiger partial charge in [0.2, 0.25) is 0 Å². The molecular weight excluding hydrogens is 290 g/mol. The average Bonchev–Trinajstić information content (AvgIpc) is 2.59. The maximum Gasteiger partial charge on any atom is 0.275 e. The second-order valence-electron chi connectivity index (χ2n) is 5.07. The minimum atomic E-state index is -0.469. The maximum atomic E-state index is 12.2. The van der Waals surface area contributed by atoms with Gasteiger partial charge in [-0.25, -0.2) is 5.43 Å². The quantitative estimate of drug-likeness (QED) is 0.577. The lowest BCUT2D eigenvalue weighted by Gasteiger charge is -2.06. The Morgan fingerprint density at radius 1 is 1.09 bits per heavy atom. The van der Waals surface area contributed by atoms with Crippen LogP contribution in [0.1, 0.15) is 23.0 Å². The molecule has 5 heteroatoms. The number of fused-ring (bicyclic) bond motifs is 1. The standard InChI is InChI=1S/C18H15N3O2/c1-12(16-8-4-5-9-19-16)20-21-18(23)15-10-13-6-2-3-7-14(13)11-17(15)22/h2-11,22H,1H3,(H,21,23)/b20-12+. The Morgan fingerprint density at radius 3 is 2.48 bits per heavy atom. The van der Waals surface area contributed by atoms with Gasteiger partial charge in [-0.15, -0.1) is 0 Å². The average molecular weight is 305 g/mol. The molecule has 23 heavy (non-hydrogen) atoms. The molecule has 0 bridgehead atoms. The van der Waals surface area contributed by atoms with Crippen LogP contribution in [0.5, 0.6) is 5.75 Å². The lowest BCUT2D eigenvalue weighted by molar-refractivity contribution is 0.0952. The zero-order valence-electron chi connectivity index (χ0n) is 12.5. The molecule has 0 spiro atoms. The summed E-state index contributed by atoms with van der Waals surface area (Å²) in [5, 5.41) is 15.8. The zero-order chi connectivity index (χ0) is 16.2. The van der Waals surface area contributed by atoms with Gasteiger partial charge >= 0.3 is 0 Å². The molecule has 2 N–H and O–H groups in total. The summed E-state index contributed by atoms with van der Waals surface area (Å²) in [5.41, 5.74) is 3.89. The summed E-state index contributed by atoms with van der Waals surface area (Å²) in [5.74, 6) is -0.546. The summed E-state index contributed by atoms with van der Waals surface area (Å²) in [6.45, 7) is 1.75. The molecule has 1 heterocycles. The fraction of sp³-hybridized carbons (Fsp3) is 0.0556. The highest BCUT2D eigenvalue weighted by Gasteiger charge is 2.12.